The van der Waals surface area contributed by atoms with Gasteiger partial charge in [-0.3, -0.25) is 9.69 Å². The third-order valence-electron chi connectivity index (χ3n) is 9.97. The number of rotatable bonds is 15. The molecular weight excluding hydrogens is 669 g/mol. The second-order valence-electron chi connectivity index (χ2n) is 13.1. The minimum atomic E-state index is 0.114. The van der Waals surface area contributed by atoms with Crippen molar-refractivity contribution in [2.24, 2.45) is 0 Å². The first-order chi connectivity index (χ1) is 24.3. The first-order valence-electron chi connectivity index (χ1n) is 17.2. The van der Waals surface area contributed by atoms with E-state index in [1.807, 2.05) is 66.7 Å². The largest absolute Gasteiger partial charge is 0.496 e. The topological polar surface area (TPSA) is 98.7 Å². The molecule has 1 heterocycles. The maximum Gasteiger partial charge on any atom is 0.220 e. The van der Waals surface area contributed by atoms with Crippen molar-refractivity contribution in [2.45, 2.75) is 63.8 Å². The van der Waals surface area contributed by atoms with Crippen molar-refractivity contribution in [3.63, 3.8) is 0 Å². The van der Waals surface area contributed by atoms with Gasteiger partial charge < -0.3 is 30.8 Å². The summed E-state index contributed by atoms with van der Waals surface area (Å²) in [5.74, 6) is 1.69. The third kappa shape index (κ3) is 7.94. The van der Waals surface area contributed by atoms with Crippen molar-refractivity contribution in [2.75, 3.05) is 33.1 Å². The van der Waals surface area contributed by atoms with Gasteiger partial charge in [0.2, 0.25) is 5.91 Å². The second kappa shape index (κ2) is 16.3. The SMILES string of the molecule is COc1cc(-c2cccc(-c3cccc(NCc4cc(OC)c(CN(C)C5CCC5)cc4Cl)c3C=N)c2Cl)ccc1CNCC1CCC(=O)N1. The molecule has 0 radical (unpaired) electrons. The molecule has 1 aliphatic heterocycles. The molecular formula is C40H45Cl2N5O3. The van der Waals surface area contributed by atoms with E-state index >= 15 is 0 Å². The predicted molar refractivity (Wildman–Crippen MR) is 204 cm³/mol. The number of hydrogen-bond acceptors (Lipinski definition) is 7. The van der Waals surface area contributed by atoms with Crippen molar-refractivity contribution in [3.8, 4) is 33.8 Å². The number of nitrogens with zero attached hydrogens (tertiary/aromatic N) is 1. The van der Waals surface area contributed by atoms with Gasteiger partial charge in [0.05, 0.1) is 19.2 Å². The zero-order valence-electron chi connectivity index (χ0n) is 28.9. The number of nitrogens with one attached hydrogen (secondary N) is 4. The van der Waals surface area contributed by atoms with E-state index in [0.717, 1.165) is 74.7 Å². The first kappa shape index (κ1) is 35.7. The van der Waals surface area contributed by atoms with Gasteiger partial charge in [0.1, 0.15) is 11.5 Å². The Bertz CT molecular complexity index is 1860. The first-order valence-corrected chi connectivity index (χ1v) is 17.9. The van der Waals surface area contributed by atoms with Crippen molar-refractivity contribution in [1.29, 1.82) is 5.41 Å². The highest BCUT2D eigenvalue weighted by molar-refractivity contribution is 6.36. The summed E-state index contributed by atoms with van der Waals surface area (Å²) in [6, 6.07) is 22.8. The molecule has 10 heteroatoms. The predicted octanol–water partition coefficient (Wildman–Crippen LogP) is 8.31. The lowest BCUT2D eigenvalue weighted by Gasteiger charge is -2.35. The second-order valence-corrected chi connectivity index (χ2v) is 13.9. The highest BCUT2D eigenvalue weighted by Crippen LogP contribution is 2.40. The Morgan fingerprint density at radius 3 is 2.34 bits per heavy atom. The van der Waals surface area contributed by atoms with Gasteiger partial charge >= 0.3 is 0 Å². The molecule has 0 aromatic heterocycles. The van der Waals surface area contributed by atoms with Crippen LogP contribution in [0.3, 0.4) is 0 Å². The molecule has 2 aliphatic rings. The lowest BCUT2D eigenvalue weighted by molar-refractivity contribution is -0.119. The fourth-order valence-electron chi connectivity index (χ4n) is 6.84. The summed E-state index contributed by atoms with van der Waals surface area (Å²) >= 11 is 14.0. The number of benzene rings is 4. The van der Waals surface area contributed by atoms with Gasteiger partial charge in [-0.2, -0.15) is 0 Å². The molecule has 0 spiro atoms. The molecule has 1 saturated heterocycles. The van der Waals surface area contributed by atoms with Crippen LogP contribution in [0, 0.1) is 5.41 Å². The average molecular weight is 715 g/mol. The molecule has 6 rings (SSSR count). The van der Waals surface area contributed by atoms with Crippen LogP contribution in [0.15, 0.2) is 66.7 Å². The van der Waals surface area contributed by atoms with Crippen LogP contribution in [0.5, 0.6) is 11.5 Å². The normalized spacial score (nSPS) is 15.9. The molecule has 4 aromatic rings. The van der Waals surface area contributed by atoms with Crippen LogP contribution in [0.4, 0.5) is 5.69 Å². The summed E-state index contributed by atoms with van der Waals surface area (Å²) in [6.45, 7) is 2.57. The van der Waals surface area contributed by atoms with Gasteiger partial charge in [0.25, 0.3) is 0 Å². The molecule has 0 bridgehead atoms. The van der Waals surface area contributed by atoms with Crippen LogP contribution in [0.1, 0.15) is 54.4 Å². The maximum atomic E-state index is 11.5. The highest BCUT2D eigenvalue weighted by atomic mass is 35.5. The van der Waals surface area contributed by atoms with Gasteiger partial charge in [-0.1, -0.05) is 72.1 Å². The van der Waals surface area contributed by atoms with Crippen molar-refractivity contribution < 1.29 is 14.3 Å². The minimum Gasteiger partial charge on any atom is -0.496 e. The van der Waals surface area contributed by atoms with E-state index in [1.165, 1.54) is 25.5 Å². The molecule has 2 fully saturated rings. The number of anilines is 1. The fraction of sp³-hybridized carbons (Fsp3) is 0.350. The van der Waals surface area contributed by atoms with Crippen molar-refractivity contribution in [1.82, 2.24) is 15.5 Å². The van der Waals surface area contributed by atoms with Crippen LogP contribution in [-0.2, 0) is 24.4 Å². The number of methoxy groups -OCH3 is 2. The minimum absolute atomic E-state index is 0.114. The third-order valence-corrected chi connectivity index (χ3v) is 10.7. The lowest BCUT2D eigenvalue weighted by Crippen LogP contribution is -2.36. The van der Waals surface area contributed by atoms with E-state index < -0.39 is 0 Å². The van der Waals surface area contributed by atoms with Gasteiger partial charge in [-0.25, -0.2) is 0 Å². The Morgan fingerprint density at radius 1 is 0.900 bits per heavy atom. The highest BCUT2D eigenvalue weighted by Gasteiger charge is 2.24. The maximum absolute atomic E-state index is 11.5. The van der Waals surface area contributed by atoms with Gasteiger partial charge in [-0.05, 0) is 67.3 Å². The summed E-state index contributed by atoms with van der Waals surface area (Å²) in [5, 5.41) is 19.6. The Morgan fingerprint density at radius 2 is 1.64 bits per heavy atom. The van der Waals surface area contributed by atoms with Gasteiger partial charge in [-0.15, -0.1) is 0 Å². The molecule has 8 nitrogen and oxygen atoms in total. The van der Waals surface area contributed by atoms with Gasteiger partial charge in [0.15, 0.2) is 0 Å². The van der Waals surface area contributed by atoms with Crippen LogP contribution < -0.4 is 25.4 Å². The van der Waals surface area contributed by atoms with E-state index in [4.69, 9.17) is 38.1 Å². The lowest BCUT2D eigenvalue weighted by atomic mass is 9.91. The standard InChI is InChI=1S/C40H45Cl2N5O3/c1-47(30-7-4-8-30)24-28-17-35(41)27(19-38(28)50-3)22-45-36-12-6-10-32(34(36)20-43)33-11-5-9-31(40(33)42)25-13-14-26(37(18-25)49-2)21-44-23-29-15-16-39(48)46-29/h5-6,9-14,17-20,29-30,43-45H,4,7-8,15-16,21-24H2,1-3H3,(H,46,48). The molecule has 1 saturated carbocycles. The Kier molecular flexibility index (Phi) is 11.6. The summed E-state index contributed by atoms with van der Waals surface area (Å²) in [7, 11) is 5.53. The monoisotopic (exact) mass is 713 g/mol. The molecule has 50 heavy (non-hydrogen) atoms. The number of amides is 1. The zero-order valence-corrected chi connectivity index (χ0v) is 30.4. The van der Waals surface area contributed by atoms with Crippen molar-refractivity contribution in [3.05, 3.63) is 99.0 Å². The number of carbonyl (C=O) groups excluding carboxylic acids is 1. The Hall–Kier alpha value is -4.08. The Balaban J connectivity index is 1.20. The summed E-state index contributed by atoms with van der Waals surface area (Å²) in [4.78, 5) is 13.9. The molecule has 1 unspecified atom stereocenters. The van der Waals surface area contributed by atoms with Crippen molar-refractivity contribution >= 4 is 41.0 Å². The zero-order chi connectivity index (χ0) is 35.2. The molecule has 1 aliphatic carbocycles. The van der Waals surface area contributed by atoms with Crippen LogP contribution in [0.2, 0.25) is 10.0 Å². The number of halogens is 2. The molecule has 4 aromatic carbocycles. The molecule has 4 N–H and O–H groups in total. The van der Waals surface area contributed by atoms with E-state index in [9.17, 15) is 4.79 Å². The van der Waals surface area contributed by atoms with E-state index in [-0.39, 0.29) is 11.9 Å². The van der Waals surface area contributed by atoms with Crippen LogP contribution in [-0.4, -0.2) is 56.9 Å². The molecule has 1 amide bonds. The summed E-state index contributed by atoms with van der Waals surface area (Å²) in [6.07, 6.45) is 6.58. The Labute approximate surface area is 305 Å². The van der Waals surface area contributed by atoms with Crippen LogP contribution >= 0.6 is 23.2 Å². The fourth-order valence-corrected chi connectivity index (χ4v) is 7.43. The van der Waals surface area contributed by atoms with E-state index in [1.54, 1.807) is 14.2 Å². The van der Waals surface area contributed by atoms with E-state index in [0.29, 0.717) is 42.1 Å². The van der Waals surface area contributed by atoms with E-state index in [2.05, 4.69) is 27.9 Å². The molecule has 262 valence electrons. The summed E-state index contributed by atoms with van der Waals surface area (Å²) in [5.41, 5.74) is 8.01. The quantitative estimate of drug-likeness (QED) is 0.0926. The van der Waals surface area contributed by atoms with Gasteiger partial charge in [0, 0.05) is 89.4 Å². The number of carbonyl (C=O) groups is 1. The smallest absolute Gasteiger partial charge is 0.220 e. The number of ether oxygens (including phenoxy) is 2. The summed E-state index contributed by atoms with van der Waals surface area (Å²) < 4.78 is 11.6. The van der Waals surface area contributed by atoms with Crippen LogP contribution in [0.25, 0.3) is 22.3 Å². The average Bonchev–Trinajstić information content (AvgIpc) is 3.51. The molecule has 1 atom stereocenters. The number of hydrogen-bond donors (Lipinski definition) is 4.